The summed E-state index contributed by atoms with van der Waals surface area (Å²) in [5.74, 6) is 0. The maximum Gasteiger partial charge on any atom is 0.466 e. The fourth-order valence-corrected chi connectivity index (χ4v) is 2.63. The Morgan fingerprint density at radius 3 is 1.19 bits per heavy atom. The van der Waals surface area contributed by atoms with Crippen LogP contribution in [-0.4, -0.2) is 54.9 Å². The second-order valence-corrected chi connectivity index (χ2v) is 6.74. The van der Waals surface area contributed by atoms with E-state index in [4.69, 9.17) is 19.2 Å². The van der Waals surface area contributed by atoms with Crippen LogP contribution in [-0.2, 0) is 10.2 Å². The molecule has 26 heavy (non-hydrogen) atoms. The molecule has 0 aliphatic rings. The second-order valence-electron chi connectivity index (χ2n) is 5.71. The summed E-state index contributed by atoms with van der Waals surface area (Å²) in [6.07, 6.45) is 0. The standard InChI is InChI=1S/C17H20O4.H3O4P/c18-11-16(12-19,13-20)17(21,14-7-3-1-4-8-14)15-9-5-2-6-10-15;1-5(2,3)4/h1-10,18-21H,11-13H2;(H3,1,2,3,4). The number of hydrogen-bond acceptors (Lipinski definition) is 5. The minimum Gasteiger partial charge on any atom is -0.395 e. The van der Waals surface area contributed by atoms with Crippen molar-refractivity contribution in [1.82, 2.24) is 0 Å². The van der Waals surface area contributed by atoms with Crippen molar-refractivity contribution in [2.24, 2.45) is 5.41 Å². The summed E-state index contributed by atoms with van der Waals surface area (Å²) in [6, 6.07) is 17.5. The second kappa shape index (κ2) is 9.36. The summed E-state index contributed by atoms with van der Waals surface area (Å²) >= 11 is 0. The van der Waals surface area contributed by atoms with Crippen molar-refractivity contribution in [1.29, 1.82) is 0 Å². The normalized spacial score (nSPS) is 12.3. The third-order valence-electron chi connectivity index (χ3n) is 4.06. The first kappa shape index (κ1) is 22.4. The predicted octanol–water partition coefficient (Wildman–Crippen LogP) is -0.0428. The van der Waals surface area contributed by atoms with E-state index < -0.39 is 38.7 Å². The number of rotatable bonds is 6. The third kappa shape index (κ3) is 5.20. The minimum absolute atomic E-state index is 0.508. The lowest BCUT2D eigenvalue weighted by Gasteiger charge is -2.45. The highest BCUT2D eigenvalue weighted by molar-refractivity contribution is 7.45. The summed E-state index contributed by atoms with van der Waals surface area (Å²) in [7, 11) is -4.64. The summed E-state index contributed by atoms with van der Waals surface area (Å²) in [4.78, 5) is 21.6. The predicted molar refractivity (Wildman–Crippen MR) is 93.8 cm³/mol. The first-order valence-corrected chi connectivity index (χ1v) is 9.15. The first-order chi connectivity index (χ1) is 12.1. The van der Waals surface area contributed by atoms with Crippen molar-refractivity contribution >= 4 is 7.82 Å². The van der Waals surface area contributed by atoms with Gasteiger partial charge in [0, 0.05) is 0 Å². The van der Waals surface area contributed by atoms with Crippen LogP contribution in [0.2, 0.25) is 0 Å². The smallest absolute Gasteiger partial charge is 0.395 e. The maximum atomic E-state index is 11.4. The van der Waals surface area contributed by atoms with Crippen LogP contribution in [0.1, 0.15) is 11.1 Å². The number of phosphoric acid groups is 1. The monoisotopic (exact) mass is 386 g/mol. The molecule has 0 amide bonds. The van der Waals surface area contributed by atoms with Crippen molar-refractivity contribution in [2.75, 3.05) is 19.8 Å². The van der Waals surface area contributed by atoms with Gasteiger partial charge in [-0.1, -0.05) is 60.7 Å². The van der Waals surface area contributed by atoms with Gasteiger partial charge in [-0.05, 0) is 11.1 Å². The Morgan fingerprint density at radius 1 is 0.692 bits per heavy atom. The van der Waals surface area contributed by atoms with Crippen molar-refractivity contribution in [2.45, 2.75) is 5.60 Å². The van der Waals surface area contributed by atoms with E-state index in [-0.39, 0.29) is 0 Å². The number of benzene rings is 2. The minimum atomic E-state index is -4.64. The first-order valence-electron chi connectivity index (χ1n) is 7.59. The van der Waals surface area contributed by atoms with Crippen molar-refractivity contribution in [3.8, 4) is 0 Å². The van der Waals surface area contributed by atoms with Gasteiger partial charge in [0.05, 0.1) is 25.2 Å². The molecular formula is C17H23O8P. The van der Waals surface area contributed by atoms with Gasteiger partial charge in [-0.2, -0.15) is 0 Å². The van der Waals surface area contributed by atoms with Crippen LogP contribution in [0.15, 0.2) is 60.7 Å². The van der Waals surface area contributed by atoms with E-state index in [1.807, 2.05) is 12.1 Å². The third-order valence-corrected chi connectivity index (χ3v) is 4.06. The number of hydrogen-bond donors (Lipinski definition) is 7. The Hall–Kier alpha value is -1.61. The van der Waals surface area contributed by atoms with Gasteiger partial charge >= 0.3 is 7.82 Å². The molecule has 7 N–H and O–H groups in total. The lowest BCUT2D eigenvalue weighted by molar-refractivity contribution is -0.136. The van der Waals surface area contributed by atoms with Crippen molar-refractivity contribution < 1.29 is 39.7 Å². The zero-order valence-electron chi connectivity index (χ0n) is 13.9. The summed E-state index contributed by atoms with van der Waals surface area (Å²) in [5.41, 5.74) is -2.18. The molecule has 2 aromatic rings. The lowest BCUT2D eigenvalue weighted by Crippen LogP contribution is -2.54. The van der Waals surface area contributed by atoms with Gasteiger partial charge in [-0.15, -0.1) is 0 Å². The Bertz CT molecular complexity index is 641. The van der Waals surface area contributed by atoms with Gasteiger partial charge in [-0.25, -0.2) is 4.57 Å². The van der Waals surface area contributed by atoms with E-state index in [0.717, 1.165) is 0 Å². The molecule has 2 rings (SSSR count). The quantitative estimate of drug-likeness (QED) is 0.341. The average molecular weight is 386 g/mol. The van der Waals surface area contributed by atoms with Gasteiger partial charge in [0.25, 0.3) is 0 Å². The lowest BCUT2D eigenvalue weighted by atomic mass is 9.66. The summed E-state index contributed by atoms with van der Waals surface area (Å²) in [5, 5.41) is 40.6. The van der Waals surface area contributed by atoms with Crippen LogP contribution in [0.3, 0.4) is 0 Å². The zero-order valence-corrected chi connectivity index (χ0v) is 14.8. The Labute approximate surface area is 150 Å². The molecule has 144 valence electrons. The maximum absolute atomic E-state index is 11.4. The van der Waals surface area contributed by atoms with E-state index in [0.29, 0.717) is 11.1 Å². The highest BCUT2D eigenvalue weighted by Gasteiger charge is 2.52. The highest BCUT2D eigenvalue weighted by Crippen LogP contribution is 2.44. The van der Waals surface area contributed by atoms with E-state index in [1.165, 1.54) is 0 Å². The molecule has 0 unspecified atom stereocenters. The van der Waals surface area contributed by atoms with E-state index >= 15 is 0 Å². The average Bonchev–Trinajstić information content (AvgIpc) is 2.63. The molecule has 0 atom stereocenters. The molecule has 0 heterocycles. The van der Waals surface area contributed by atoms with Crippen LogP contribution in [0.4, 0.5) is 0 Å². The zero-order chi connectivity index (χ0) is 19.8. The molecule has 0 saturated carbocycles. The molecule has 8 nitrogen and oxygen atoms in total. The molecule has 0 aliphatic heterocycles. The van der Waals surface area contributed by atoms with E-state index in [9.17, 15) is 20.4 Å². The molecule has 0 spiro atoms. The van der Waals surface area contributed by atoms with Gasteiger partial charge in [0.15, 0.2) is 0 Å². The van der Waals surface area contributed by atoms with Gasteiger partial charge in [0.2, 0.25) is 0 Å². The molecule has 9 heteroatoms. The number of aliphatic hydroxyl groups is 4. The topological polar surface area (TPSA) is 159 Å². The number of aliphatic hydroxyl groups excluding tert-OH is 3. The highest BCUT2D eigenvalue weighted by atomic mass is 31.2. The fourth-order valence-electron chi connectivity index (χ4n) is 2.63. The fraction of sp³-hybridized carbons (Fsp3) is 0.294. The van der Waals surface area contributed by atoms with Crippen LogP contribution < -0.4 is 0 Å². The van der Waals surface area contributed by atoms with Crippen LogP contribution in [0.25, 0.3) is 0 Å². The van der Waals surface area contributed by atoms with Crippen molar-refractivity contribution in [3.63, 3.8) is 0 Å². The van der Waals surface area contributed by atoms with Crippen LogP contribution >= 0.6 is 7.82 Å². The van der Waals surface area contributed by atoms with Gasteiger partial charge in [-0.3, -0.25) is 0 Å². The van der Waals surface area contributed by atoms with Gasteiger partial charge < -0.3 is 35.1 Å². The molecule has 2 aromatic carbocycles. The van der Waals surface area contributed by atoms with Crippen LogP contribution in [0, 0.1) is 5.41 Å². The Morgan fingerprint density at radius 2 is 0.962 bits per heavy atom. The molecule has 0 aliphatic carbocycles. The molecule has 0 saturated heterocycles. The Kier molecular flexibility index (Phi) is 8.08. The molecule has 0 radical (unpaired) electrons. The van der Waals surface area contributed by atoms with Crippen molar-refractivity contribution in [3.05, 3.63) is 71.8 Å². The summed E-state index contributed by atoms with van der Waals surface area (Å²) in [6.45, 7) is -1.67. The molecule has 0 aromatic heterocycles. The van der Waals surface area contributed by atoms with E-state index in [1.54, 1.807) is 48.5 Å². The van der Waals surface area contributed by atoms with Gasteiger partial charge in [0.1, 0.15) is 5.60 Å². The molecular weight excluding hydrogens is 363 g/mol. The SMILES string of the molecule is O=P(O)(O)O.OCC(CO)(CO)C(O)(c1ccccc1)c1ccccc1. The van der Waals surface area contributed by atoms with E-state index in [2.05, 4.69) is 0 Å². The molecule has 0 fully saturated rings. The molecule has 0 bridgehead atoms. The summed E-state index contributed by atoms with van der Waals surface area (Å²) < 4.78 is 8.88. The largest absolute Gasteiger partial charge is 0.466 e. The Balaban J connectivity index is 0.000000597. The van der Waals surface area contributed by atoms with Crippen LogP contribution in [0.5, 0.6) is 0 Å².